The highest BCUT2D eigenvalue weighted by molar-refractivity contribution is 6.31. The minimum Gasteiger partial charge on any atom is -0.497 e. The van der Waals surface area contributed by atoms with Crippen LogP contribution in [0.25, 0.3) is 21.8 Å². The van der Waals surface area contributed by atoms with E-state index in [4.69, 9.17) is 38.7 Å². The molecule has 0 fully saturated rings. The molecule has 144 valence electrons. The van der Waals surface area contributed by atoms with Gasteiger partial charge in [-0.2, -0.15) is 0 Å². The third kappa shape index (κ3) is 4.57. The molecule has 3 aromatic rings. The van der Waals surface area contributed by atoms with Crippen LogP contribution in [0.4, 0.5) is 5.69 Å². The van der Waals surface area contributed by atoms with Crippen LogP contribution in [0.15, 0.2) is 36.4 Å². The first-order valence-corrected chi connectivity index (χ1v) is 10.1. The van der Waals surface area contributed by atoms with Gasteiger partial charge in [-0.25, -0.2) is 4.98 Å². The number of benzene rings is 2. The lowest BCUT2D eigenvalue weighted by atomic mass is 10.0. The number of methoxy groups -OCH3 is 1. The summed E-state index contributed by atoms with van der Waals surface area (Å²) in [5, 5.41) is 6.12. The van der Waals surface area contributed by atoms with Gasteiger partial charge < -0.3 is 15.8 Å². The van der Waals surface area contributed by atoms with Crippen LogP contribution in [0.1, 0.15) is 26.2 Å². The first-order chi connectivity index (χ1) is 13.0. The number of alkyl halides is 1. The summed E-state index contributed by atoms with van der Waals surface area (Å²) in [6.45, 7) is 2.16. The van der Waals surface area contributed by atoms with Crippen molar-refractivity contribution in [2.45, 2.75) is 32.4 Å². The fraction of sp³-hybridized carbons (Fsp3) is 0.381. The van der Waals surface area contributed by atoms with Crippen molar-refractivity contribution < 1.29 is 4.74 Å². The lowest BCUT2D eigenvalue weighted by Gasteiger charge is -2.21. The molecular weight excluding hydrogens is 381 g/mol. The van der Waals surface area contributed by atoms with Gasteiger partial charge in [-0.1, -0.05) is 24.9 Å². The van der Waals surface area contributed by atoms with E-state index >= 15 is 0 Å². The average molecular weight is 406 g/mol. The van der Waals surface area contributed by atoms with Crippen molar-refractivity contribution in [2.75, 3.05) is 18.3 Å². The van der Waals surface area contributed by atoms with Crippen molar-refractivity contribution in [3.63, 3.8) is 0 Å². The van der Waals surface area contributed by atoms with Gasteiger partial charge in [-0.15, -0.1) is 11.6 Å². The predicted molar refractivity (Wildman–Crippen MR) is 116 cm³/mol. The summed E-state index contributed by atoms with van der Waals surface area (Å²) in [5.41, 5.74) is 9.07. The molecule has 3 rings (SSSR count). The Morgan fingerprint density at radius 2 is 1.93 bits per heavy atom. The molecular formula is C21H25Cl2N3O. The van der Waals surface area contributed by atoms with Crippen LogP contribution >= 0.6 is 23.2 Å². The van der Waals surface area contributed by atoms with Gasteiger partial charge in [0.05, 0.1) is 30.0 Å². The Morgan fingerprint density at radius 1 is 1.11 bits per heavy atom. The van der Waals surface area contributed by atoms with Crippen molar-refractivity contribution in [3.05, 3.63) is 41.4 Å². The fourth-order valence-corrected chi connectivity index (χ4v) is 3.78. The van der Waals surface area contributed by atoms with Crippen LogP contribution in [-0.4, -0.2) is 24.1 Å². The molecule has 27 heavy (non-hydrogen) atoms. The molecule has 1 aromatic heterocycles. The van der Waals surface area contributed by atoms with Gasteiger partial charge >= 0.3 is 0 Å². The van der Waals surface area contributed by atoms with E-state index in [2.05, 4.69) is 12.2 Å². The highest BCUT2D eigenvalue weighted by atomic mass is 35.5. The van der Waals surface area contributed by atoms with Gasteiger partial charge in [-0.3, -0.25) is 0 Å². The maximum absolute atomic E-state index is 6.41. The Hall–Kier alpha value is -1.75. The number of halogens is 2. The molecule has 6 heteroatoms. The maximum Gasteiger partial charge on any atom is 0.119 e. The van der Waals surface area contributed by atoms with E-state index in [-0.39, 0.29) is 6.17 Å². The standard InChI is InChI=1S/C21H25Cl2N3O/c1-3-13(12-22)4-9-20(24)26-21-16-7-5-14(23)10-19(16)25-18-8-6-15(27-2)11-17(18)21/h5-8,10-11,13,20H,3-4,9,12,24H2,1-2H3,(H,25,26). The molecule has 0 aliphatic carbocycles. The van der Waals surface area contributed by atoms with E-state index in [1.807, 2.05) is 36.4 Å². The number of pyridine rings is 1. The quantitative estimate of drug-likeness (QED) is 0.282. The Labute approximate surface area is 170 Å². The van der Waals surface area contributed by atoms with Gasteiger partial charge in [0.15, 0.2) is 0 Å². The highest BCUT2D eigenvalue weighted by Gasteiger charge is 2.14. The van der Waals surface area contributed by atoms with Crippen LogP contribution in [0, 0.1) is 5.92 Å². The lowest BCUT2D eigenvalue weighted by molar-refractivity contribution is 0.415. The smallest absolute Gasteiger partial charge is 0.119 e. The minimum atomic E-state index is -0.182. The number of hydrogen-bond acceptors (Lipinski definition) is 4. The van der Waals surface area contributed by atoms with Crippen LogP contribution in [0.2, 0.25) is 5.02 Å². The molecule has 2 atom stereocenters. The van der Waals surface area contributed by atoms with Crippen molar-refractivity contribution in [1.29, 1.82) is 0 Å². The van der Waals surface area contributed by atoms with E-state index < -0.39 is 0 Å². The number of anilines is 1. The molecule has 0 spiro atoms. The second-order valence-electron chi connectivity index (χ2n) is 6.79. The van der Waals surface area contributed by atoms with Crippen LogP contribution in [-0.2, 0) is 0 Å². The molecule has 0 saturated heterocycles. The number of aromatic nitrogens is 1. The molecule has 0 aliphatic heterocycles. The van der Waals surface area contributed by atoms with E-state index in [1.54, 1.807) is 7.11 Å². The summed E-state index contributed by atoms with van der Waals surface area (Å²) in [6.07, 6.45) is 2.71. The summed E-state index contributed by atoms with van der Waals surface area (Å²) >= 11 is 12.2. The van der Waals surface area contributed by atoms with E-state index in [9.17, 15) is 0 Å². The molecule has 2 aromatic carbocycles. The van der Waals surface area contributed by atoms with Crippen molar-refractivity contribution >= 4 is 50.7 Å². The Morgan fingerprint density at radius 3 is 2.63 bits per heavy atom. The molecule has 0 bridgehead atoms. The first kappa shape index (κ1) is 20.0. The second-order valence-corrected chi connectivity index (χ2v) is 7.53. The third-order valence-corrected chi connectivity index (χ3v) is 5.63. The average Bonchev–Trinajstić information content (AvgIpc) is 2.68. The number of hydrogen-bond donors (Lipinski definition) is 2. The zero-order valence-electron chi connectivity index (χ0n) is 15.6. The summed E-state index contributed by atoms with van der Waals surface area (Å²) in [5.74, 6) is 1.94. The lowest BCUT2D eigenvalue weighted by Crippen LogP contribution is -2.30. The molecule has 0 aliphatic rings. The number of ether oxygens (including phenoxy) is 1. The fourth-order valence-electron chi connectivity index (χ4n) is 3.24. The molecule has 0 amide bonds. The van der Waals surface area contributed by atoms with E-state index in [0.29, 0.717) is 16.8 Å². The molecule has 1 heterocycles. The molecule has 3 N–H and O–H groups in total. The molecule has 0 saturated carbocycles. The monoisotopic (exact) mass is 405 g/mol. The minimum absolute atomic E-state index is 0.182. The number of fused-ring (bicyclic) bond motifs is 2. The zero-order valence-corrected chi connectivity index (χ0v) is 17.1. The van der Waals surface area contributed by atoms with Gasteiger partial charge in [0, 0.05) is 21.7 Å². The third-order valence-electron chi connectivity index (χ3n) is 4.95. The van der Waals surface area contributed by atoms with Gasteiger partial charge in [0.1, 0.15) is 5.75 Å². The number of rotatable bonds is 8. The van der Waals surface area contributed by atoms with Gasteiger partial charge in [-0.05, 0) is 55.2 Å². The Balaban J connectivity index is 2.01. The number of nitrogens with two attached hydrogens (primary N) is 1. The first-order valence-electron chi connectivity index (χ1n) is 9.20. The largest absolute Gasteiger partial charge is 0.497 e. The van der Waals surface area contributed by atoms with Crippen LogP contribution in [0.3, 0.4) is 0 Å². The normalized spacial score (nSPS) is 13.7. The van der Waals surface area contributed by atoms with Gasteiger partial charge in [0.2, 0.25) is 0 Å². The molecule has 4 nitrogen and oxygen atoms in total. The topological polar surface area (TPSA) is 60.2 Å². The van der Waals surface area contributed by atoms with E-state index in [1.165, 1.54) is 0 Å². The molecule has 2 unspecified atom stereocenters. The summed E-state index contributed by atoms with van der Waals surface area (Å²) < 4.78 is 5.40. The maximum atomic E-state index is 6.41. The zero-order chi connectivity index (χ0) is 19.4. The predicted octanol–water partition coefficient (Wildman–Crippen LogP) is 5.79. The van der Waals surface area contributed by atoms with Crippen molar-refractivity contribution in [1.82, 2.24) is 4.98 Å². The van der Waals surface area contributed by atoms with Crippen LogP contribution < -0.4 is 15.8 Å². The van der Waals surface area contributed by atoms with Crippen molar-refractivity contribution in [2.24, 2.45) is 11.7 Å². The highest BCUT2D eigenvalue weighted by Crippen LogP contribution is 2.34. The second kappa shape index (κ2) is 8.96. The number of nitrogens with one attached hydrogen (secondary N) is 1. The summed E-state index contributed by atoms with van der Waals surface area (Å²) in [4.78, 5) is 4.74. The SMILES string of the molecule is CCC(CCl)CCC(N)Nc1c2ccc(Cl)cc2nc2ccc(OC)cc12. The Bertz CT molecular complexity index is 928. The van der Waals surface area contributed by atoms with Crippen molar-refractivity contribution in [3.8, 4) is 5.75 Å². The Kier molecular flexibility index (Phi) is 6.64. The summed E-state index contributed by atoms with van der Waals surface area (Å²) in [7, 11) is 1.66. The summed E-state index contributed by atoms with van der Waals surface area (Å²) in [6, 6.07) is 11.6. The number of nitrogens with zero attached hydrogens (tertiary/aromatic N) is 1. The van der Waals surface area contributed by atoms with Gasteiger partial charge in [0.25, 0.3) is 0 Å². The van der Waals surface area contributed by atoms with Crippen LogP contribution in [0.5, 0.6) is 5.75 Å². The van der Waals surface area contributed by atoms with E-state index in [0.717, 1.165) is 52.5 Å². The molecule has 0 radical (unpaired) electrons.